The molecule has 0 aliphatic carbocycles. The molecule has 1 N–H and O–H groups in total. The van der Waals surface area contributed by atoms with Crippen LogP contribution in [-0.4, -0.2) is 22.3 Å². The van der Waals surface area contributed by atoms with Crippen LogP contribution in [0.25, 0.3) is 17.0 Å². The fraction of sp³-hybridized carbons (Fsp3) is 0.190. The van der Waals surface area contributed by atoms with Gasteiger partial charge in [-0.25, -0.2) is 9.07 Å². The van der Waals surface area contributed by atoms with Gasteiger partial charge in [0.1, 0.15) is 11.9 Å². The van der Waals surface area contributed by atoms with Crippen molar-refractivity contribution in [3.8, 4) is 6.07 Å². The summed E-state index contributed by atoms with van der Waals surface area (Å²) in [6, 6.07) is 12.1. The van der Waals surface area contributed by atoms with Gasteiger partial charge in [0.15, 0.2) is 11.9 Å². The zero-order valence-corrected chi connectivity index (χ0v) is 15.1. The van der Waals surface area contributed by atoms with E-state index in [1.165, 1.54) is 12.1 Å². The molecule has 1 aliphatic rings. The summed E-state index contributed by atoms with van der Waals surface area (Å²) in [4.78, 5) is 12.2. The van der Waals surface area contributed by atoms with Crippen molar-refractivity contribution in [2.45, 2.75) is 19.6 Å². The fourth-order valence-electron chi connectivity index (χ4n) is 3.07. The van der Waals surface area contributed by atoms with Crippen molar-refractivity contribution in [1.29, 1.82) is 5.26 Å². The summed E-state index contributed by atoms with van der Waals surface area (Å²) in [5.74, 6) is -0.727. The molecule has 1 unspecified atom stereocenters. The van der Waals surface area contributed by atoms with Crippen molar-refractivity contribution in [2.75, 3.05) is 11.9 Å². The molecular formula is C21H17FN4O2. The Balaban J connectivity index is 1.58. The predicted octanol–water partition coefficient (Wildman–Crippen LogP) is 3.93. The van der Waals surface area contributed by atoms with Crippen molar-refractivity contribution in [3.63, 3.8) is 0 Å². The number of fused-ring (bicyclic) bond motifs is 1. The summed E-state index contributed by atoms with van der Waals surface area (Å²) in [5.41, 5.74) is 2.73. The Kier molecular flexibility index (Phi) is 4.63. The molecule has 1 atom stereocenters. The topological polar surface area (TPSA) is 79.9 Å². The number of ether oxygens (including phenoxy) is 1. The monoisotopic (exact) mass is 376 g/mol. The third-order valence-electron chi connectivity index (χ3n) is 4.74. The highest BCUT2D eigenvalue weighted by Crippen LogP contribution is 2.29. The number of hydrogen-bond donors (Lipinski definition) is 1. The number of aromatic nitrogens is 2. The largest absolute Gasteiger partial charge is 0.356 e. The minimum atomic E-state index is -0.369. The summed E-state index contributed by atoms with van der Waals surface area (Å²) >= 11 is 0. The van der Waals surface area contributed by atoms with E-state index in [9.17, 15) is 14.4 Å². The zero-order chi connectivity index (χ0) is 19.7. The molecule has 2 heterocycles. The van der Waals surface area contributed by atoms with E-state index in [0.29, 0.717) is 23.6 Å². The number of nitrogens with zero attached hydrogens (tertiary/aromatic N) is 3. The molecule has 1 aliphatic heterocycles. The molecule has 0 spiro atoms. The zero-order valence-electron chi connectivity index (χ0n) is 15.1. The molecule has 1 fully saturated rings. The van der Waals surface area contributed by atoms with Crippen LogP contribution < -0.4 is 5.32 Å². The minimum Gasteiger partial charge on any atom is -0.356 e. The SMILES string of the molecule is Cc1c(F)cccc1NC(=O)/C=C/c1ccc2c(C#N)nn(C3CCO3)c2c1. The van der Waals surface area contributed by atoms with Crippen molar-refractivity contribution in [1.82, 2.24) is 9.78 Å². The van der Waals surface area contributed by atoms with Crippen LogP contribution in [0.4, 0.5) is 10.1 Å². The molecular weight excluding hydrogens is 359 g/mol. The maximum absolute atomic E-state index is 13.6. The van der Waals surface area contributed by atoms with E-state index < -0.39 is 0 Å². The van der Waals surface area contributed by atoms with Gasteiger partial charge >= 0.3 is 0 Å². The number of halogens is 1. The molecule has 1 saturated heterocycles. The van der Waals surface area contributed by atoms with Crippen molar-refractivity contribution < 1.29 is 13.9 Å². The number of rotatable bonds is 4. The summed E-state index contributed by atoms with van der Waals surface area (Å²) in [7, 11) is 0. The summed E-state index contributed by atoms with van der Waals surface area (Å²) < 4.78 is 20.8. The Labute approximate surface area is 160 Å². The number of hydrogen-bond acceptors (Lipinski definition) is 4. The highest BCUT2D eigenvalue weighted by molar-refractivity contribution is 6.02. The summed E-state index contributed by atoms with van der Waals surface area (Å²) in [6.45, 7) is 2.28. The second-order valence-corrected chi connectivity index (χ2v) is 6.53. The molecule has 28 heavy (non-hydrogen) atoms. The quantitative estimate of drug-likeness (QED) is 0.700. The van der Waals surface area contributed by atoms with Crippen molar-refractivity contribution in [3.05, 3.63) is 65.1 Å². The third kappa shape index (κ3) is 3.26. The Morgan fingerprint density at radius 2 is 2.25 bits per heavy atom. The first-order valence-electron chi connectivity index (χ1n) is 8.85. The van der Waals surface area contributed by atoms with E-state index in [-0.39, 0.29) is 18.0 Å². The molecule has 2 aromatic carbocycles. The van der Waals surface area contributed by atoms with E-state index in [2.05, 4.69) is 16.5 Å². The number of benzene rings is 2. The standard InChI is InChI=1S/C21H17FN4O2/c1-13-16(22)3-2-4-17(13)24-20(27)8-6-14-5-7-15-18(12-23)25-26(19(15)11-14)21-9-10-28-21/h2-8,11,21H,9-10H2,1H3,(H,24,27)/b8-6+. The average molecular weight is 376 g/mol. The normalized spacial score (nSPS) is 16.1. The first kappa shape index (κ1) is 17.9. The van der Waals surface area contributed by atoms with Crippen LogP contribution in [0.1, 0.15) is 29.5 Å². The molecule has 0 radical (unpaired) electrons. The van der Waals surface area contributed by atoms with Crippen LogP contribution in [-0.2, 0) is 9.53 Å². The smallest absolute Gasteiger partial charge is 0.248 e. The van der Waals surface area contributed by atoms with Crippen LogP contribution in [0.5, 0.6) is 0 Å². The van der Waals surface area contributed by atoms with Gasteiger partial charge in [-0.1, -0.05) is 12.1 Å². The van der Waals surface area contributed by atoms with E-state index >= 15 is 0 Å². The minimum absolute atomic E-state index is 0.164. The number of nitriles is 1. The van der Waals surface area contributed by atoms with Crippen LogP contribution in [0, 0.1) is 24.1 Å². The first-order chi connectivity index (χ1) is 13.6. The third-order valence-corrected chi connectivity index (χ3v) is 4.74. The molecule has 3 aromatic rings. The van der Waals surface area contributed by atoms with E-state index in [1.54, 1.807) is 29.8 Å². The number of amides is 1. The number of carbonyl (C=O) groups excluding carboxylic acids is 1. The summed E-state index contributed by atoms with van der Waals surface area (Å²) in [6.07, 6.45) is 3.73. The number of carbonyl (C=O) groups is 1. The molecule has 0 bridgehead atoms. The summed E-state index contributed by atoms with van der Waals surface area (Å²) in [5, 5.41) is 17.0. The van der Waals surface area contributed by atoms with Crippen LogP contribution in [0.15, 0.2) is 42.5 Å². The molecule has 6 nitrogen and oxygen atoms in total. The molecule has 4 rings (SSSR count). The maximum Gasteiger partial charge on any atom is 0.248 e. The van der Waals surface area contributed by atoms with Gasteiger partial charge in [0, 0.05) is 29.1 Å². The number of nitrogens with one attached hydrogen (secondary N) is 1. The molecule has 140 valence electrons. The van der Waals surface area contributed by atoms with E-state index in [1.807, 2.05) is 18.2 Å². The van der Waals surface area contributed by atoms with Gasteiger partial charge in [0.05, 0.1) is 12.1 Å². The highest BCUT2D eigenvalue weighted by Gasteiger charge is 2.24. The lowest BCUT2D eigenvalue weighted by Gasteiger charge is -2.27. The Morgan fingerprint density at radius 1 is 1.43 bits per heavy atom. The molecule has 1 amide bonds. The Hall–Kier alpha value is -3.50. The van der Waals surface area contributed by atoms with Gasteiger partial charge in [-0.3, -0.25) is 4.79 Å². The molecule has 7 heteroatoms. The molecule has 0 saturated carbocycles. The first-order valence-corrected chi connectivity index (χ1v) is 8.85. The maximum atomic E-state index is 13.6. The van der Waals surface area contributed by atoms with Crippen LogP contribution in [0.3, 0.4) is 0 Å². The van der Waals surface area contributed by atoms with E-state index in [0.717, 1.165) is 22.9 Å². The molecule has 1 aromatic heterocycles. The fourth-order valence-corrected chi connectivity index (χ4v) is 3.07. The van der Waals surface area contributed by atoms with Crippen molar-refractivity contribution in [2.24, 2.45) is 0 Å². The van der Waals surface area contributed by atoms with Gasteiger partial charge in [0.2, 0.25) is 5.91 Å². The second kappa shape index (κ2) is 7.25. The van der Waals surface area contributed by atoms with Gasteiger partial charge in [-0.15, -0.1) is 0 Å². The lowest BCUT2D eigenvalue weighted by Crippen LogP contribution is -2.25. The number of anilines is 1. The highest BCUT2D eigenvalue weighted by atomic mass is 19.1. The second-order valence-electron chi connectivity index (χ2n) is 6.53. The van der Waals surface area contributed by atoms with Crippen LogP contribution in [0.2, 0.25) is 0 Å². The lowest BCUT2D eigenvalue weighted by atomic mass is 10.1. The Bertz CT molecular complexity index is 1140. The Morgan fingerprint density at radius 3 is 2.96 bits per heavy atom. The van der Waals surface area contributed by atoms with Crippen molar-refractivity contribution >= 4 is 28.6 Å². The van der Waals surface area contributed by atoms with Gasteiger partial charge in [0.25, 0.3) is 0 Å². The van der Waals surface area contributed by atoms with Gasteiger partial charge in [-0.2, -0.15) is 10.4 Å². The lowest BCUT2D eigenvalue weighted by molar-refractivity contribution is -0.111. The van der Waals surface area contributed by atoms with Gasteiger partial charge < -0.3 is 10.1 Å². The van der Waals surface area contributed by atoms with Crippen LogP contribution >= 0.6 is 0 Å². The van der Waals surface area contributed by atoms with Gasteiger partial charge in [-0.05, 0) is 42.8 Å². The van der Waals surface area contributed by atoms with E-state index in [4.69, 9.17) is 4.74 Å². The predicted molar refractivity (Wildman–Crippen MR) is 103 cm³/mol. The average Bonchev–Trinajstić information content (AvgIpc) is 3.00.